The zero-order valence-electron chi connectivity index (χ0n) is 16.1. The Morgan fingerprint density at radius 1 is 1.17 bits per heavy atom. The van der Waals surface area contributed by atoms with E-state index >= 15 is 0 Å². The average Bonchev–Trinajstić information content (AvgIpc) is 2.92. The van der Waals surface area contributed by atoms with E-state index in [4.69, 9.17) is 21.1 Å². The van der Waals surface area contributed by atoms with Gasteiger partial charge in [-0.05, 0) is 42.8 Å². The number of aromatic nitrogens is 2. The van der Waals surface area contributed by atoms with Crippen molar-refractivity contribution >= 4 is 17.5 Å². The zero-order chi connectivity index (χ0) is 20.4. The number of halogens is 1. The SMILES string of the molecule is COc1ccc(Cl)cc1C(=O)N1Cc2cc(-c3cncnc3)ccc2OC[C@@H]1C. The zero-order valence-corrected chi connectivity index (χ0v) is 16.9. The molecule has 1 aromatic heterocycles. The van der Waals surface area contributed by atoms with Crippen LogP contribution in [0.1, 0.15) is 22.8 Å². The maximum absolute atomic E-state index is 13.4. The summed E-state index contributed by atoms with van der Waals surface area (Å²) < 4.78 is 11.3. The number of fused-ring (bicyclic) bond motifs is 1. The number of nitrogens with zero attached hydrogens (tertiary/aromatic N) is 3. The van der Waals surface area contributed by atoms with Crippen LogP contribution in [-0.2, 0) is 6.54 Å². The molecule has 0 N–H and O–H groups in total. The number of rotatable bonds is 3. The molecule has 0 radical (unpaired) electrons. The van der Waals surface area contributed by atoms with Gasteiger partial charge >= 0.3 is 0 Å². The summed E-state index contributed by atoms with van der Waals surface area (Å²) in [5, 5.41) is 0.486. The topological polar surface area (TPSA) is 64.5 Å². The van der Waals surface area contributed by atoms with E-state index in [1.165, 1.54) is 6.33 Å². The van der Waals surface area contributed by atoms with Gasteiger partial charge < -0.3 is 14.4 Å². The van der Waals surface area contributed by atoms with Crippen molar-refractivity contribution in [3.8, 4) is 22.6 Å². The smallest absolute Gasteiger partial charge is 0.258 e. The summed E-state index contributed by atoms with van der Waals surface area (Å²) in [7, 11) is 1.54. The summed E-state index contributed by atoms with van der Waals surface area (Å²) >= 11 is 6.13. The Bertz CT molecular complexity index is 1040. The molecule has 0 aliphatic carbocycles. The monoisotopic (exact) mass is 409 g/mol. The van der Waals surface area contributed by atoms with Gasteiger partial charge in [-0.1, -0.05) is 17.7 Å². The average molecular weight is 410 g/mol. The van der Waals surface area contributed by atoms with Gasteiger partial charge in [-0.3, -0.25) is 4.79 Å². The molecule has 0 spiro atoms. The van der Waals surface area contributed by atoms with Crippen molar-refractivity contribution in [3.63, 3.8) is 0 Å². The number of amides is 1. The molecule has 1 amide bonds. The van der Waals surface area contributed by atoms with Crippen molar-refractivity contribution in [1.29, 1.82) is 0 Å². The lowest BCUT2D eigenvalue weighted by Crippen LogP contribution is -2.40. The molecule has 3 aromatic rings. The first-order valence-electron chi connectivity index (χ1n) is 9.22. The largest absolute Gasteiger partial charge is 0.496 e. The van der Waals surface area contributed by atoms with E-state index in [1.54, 1.807) is 42.6 Å². The summed E-state index contributed by atoms with van der Waals surface area (Å²) in [6.07, 6.45) is 5.01. The minimum absolute atomic E-state index is 0.123. The summed E-state index contributed by atoms with van der Waals surface area (Å²) in [4.78, 5) is 23.3. The van der Waals surface area contributed by atoms with Gasteiger partial charge in [-0.25, -0.2) is 9.97 Å². The molecule has 0 unspecified atom stereocenters. The molecule has 1 aliphatic rings. The Hall–Kier alpha value is -3.12. The number of carbonyl (C=O) groups is 1. The lowest BCUT2D eigenvalue weighted by atomic mass is 10.0. The molecule has 1 aliphatic heterocycles. The fraction of sp³-hybridized carbons (Fsp3) is 0.227. The van der Waals surface area contributed by atoms with Gasteiger partial charge in [0, 0.05) is 28.5 Å². The van der Waals surface area contributed by atoms with Gasteiger partial charge in [0.25, 0.3) is 5.91 Å². The predicted octanol–water partition coefficient (Wildman–Crippen LogP) is 4.23. The Balaban J connectivity index is 1.70. The highest BCUT2D eigenvalue weighted by Crippen LogP contribution is 2.32. The highest BCUT2D eigenvalue weighted by Gasteiger charge is 2.28. The van der Waals surface area contributed by atoms with E-state index in [1.807, 2.05) is 25.1 Å². The van der Waals surface area contributed by atoms with E-state index in [0.29, 0.717) is 29.5 Å². The van der Waals surface area contributed by atoms with E-state index < -0.39 is 0 Å². The summed E-state index contributed by atoms with van der Waals surface area (Å²) in [5.74, 6) is 1.11. The van der Waals surface area contributed by atoms with Crippen LogP contribution < -0.4 is 9.47 Å². The first-order chi connectivity index (χ1) is 14.1. The van der Waals surface area contributed by atoms with Crippen molar-refractivity contribution in [1.82, 2.24) is 14.9 Å². The van der Waals surface area contributed by atoms with Gasteiger partial charge in [0.1, 0.15) is 24.4 Å². The normalized spacial score (nSPS) is 15.8. The number of hydrogen-bond donors (Lipinski definition) is 0. The maximum atomic E-state index is 13.4. The molecule has 2 aromatic carbocycles. The van der Waals surface area contributed by atoms with Gasteiger partial charge in [0.2, 0.25) is 0 Å². The molecule has 7 heteroatoms. The third-order valence-electron chi connectivity index (χ3n) is 4.96. The molecular weight excluding hydrogens is 390 g/mol. The van der Waals surface area contributed by atoms with Gasteiger partial charge in [-0.15, -0.1) is 0 Å². The fourth-order valence-corrected chi connectivity index (χ4v) is 3.56. The standard InChI is InChI=1S/C22H20ClN3O3/c1-14-12-29-20-5-3-15(17-9-24-13-25-10-17)7-16(20)11-26(14)22(27)19-8-18(23)4-6-21(19)28-2/h3-10,13-14H,11-12H2,1-2H3/t14-/m0/s1. The molecule has 6 nitrogen and oxygen atoms in total. The molecule has 29 heavy (non-hydrogen) atoms. The highest BCUT2D eigenvalue weighted by molar-refractivity contribution is 6.31. The van der Waals surface area contributed by atoms with Crippen LogP contribution in [0.2, 0.25) is 5.02 Å². The second kappa shape index (κ2) is 8.09. The van der Waals surface area contributed by atoms with Crippen molar-refractivity contribution < 1.29 is 14.3 Å². The molecule has 148 valence electrons. The lowest BCUT2D eigenvalue weighted by molar-refractivity contribution is 0.0642. The van der Waals surface area contributed by atoms with Crippen molar-refractivity contribution in [3.05, 3.63) is 71.3 Å². The molecule has 0 bridgehead atoms. The summed E-state index contributed by atoms with van der Waals surface area (Å²) in [5.41, 5.74) is 3.23. The number of methoxy groups -OCH3 is 1. The Labute approximate surface area is 174 Å². The van der Waals surface area contributed by atoms with Crippen LogP contribution in [0.25, 0.3) is 11.1 Å². The van der Waals surface area contributed by atoms with E-state index in [-0.39, 0.29) is 11.9 Å². The lowest BCUT2D eigenvalue weighted by Gasteiger charge is -2.27. The number of hydrogen-bond acceptors (Lipinski definition) is 5. The summed E-state index contributed by atoms with van der Waals surface area (Å²) in [6.45, 7) is 2.77. The third kappa shape index (κ3) is 3.89. The van der Waals surface area contributed by atoms with Crippen LogP contribution in [0.15, 0.2) is 55.1 Å². The fourth-order valence-electron chi connectivity index (χ4n) is 3.39. The molecule has 0 saturated carbocycles. The van der Waals surface area contributed by atoms with E-state index in [2.05, 4.69) is 9.97 Å². The molecular formula is C22H20ClN3O3. The second-order valence-corrected chi connectivity index (χ2v) is 7.32. The third-order valence-corrected chi connectivity index (χ3v) is 5.20. The van der Waals surface area contributed by atoms with Crippen LogP contribution in [0.4, 0.5) is 0 Å². The Morgan fingerprint density at radius 2 is 1.97 bits per heavy atom. The van der Waals surface area contributed by atoms with E-state index in [0.717, 1.165) is 22.4 Å². The molecule has 0 fully saturated rings. The van der Waals surface area contributed by atoms with Crippen LogP contribution in [-0.4, -0.2) is 40.5 Å². The Morgan fingerprint density at radius 3 is 2.72 bits per heavy atom. The second-order valence-electron chi connectivity index (χ2n) is 6.89. The van der Waals surface area contributed by atoms with Gasteiger partial charge in [0.15, 0.2) is 0 Å². The molecule has 2 heterocycles. The summed E-state index contributed by atoms with van der Waals surface area (Å²) in [6, 6.07) is 10.8. The number of benzene rings is 2. The predicted molar refractivity (Wildman–Crippen MR) is 110 cm³/mol. The van der Waals surface area contributed by atoms with Crippen LogP contribution >= 0.6 is 11.6 Å². The number of carbonyl (C=O) groups excluding carboxylic acids is 1. The first-order valence-corrected chi connectivity index (χ1v) is 9.60. The van der Waals surface area contributed by atoms with Crippen molar-refractivity contribution in [2.24, 2.45) is 0 Å². The van der Waals surface area contributed by atoms with Gasteiger partial charge in [0.05, 0.1) is 25.3 Å². The van der Waals surface area contributed by atoms with Crippen LogP contribution in [0.3, 0.4) is 0 Å². The molecule has 1 atom stereocenters. The maximum Gasteiger partial charge on any atom is 0.258 e. The Kier molecular flexibility index (Phi) is 5.36. The van der Waals surface area contributed by atoms with Crippen LogP contribution in [0.5, 0.6) is 11.5 Å². The minimum Gasteiger partial charge on any atom is -0.496 e. The molecule has 0 saturated heterocycles. The van der Waals surface area contributed by atoms with Crippen LogP contribution in [0, 0.1) is 0 Å². The highest BCUT2D eigenvalue weighted by atomic mass is 35.5. The van der Waals surface area contributed by atoms with Crippen molar-refractivity contribution in [2.75, 3.05) is 13.7 Å². The molecule has 4 rings (SSSR count). The minimum atomic E-state index is -0.151. The van der Waals surface area contributed by atoms with E-state index in [9.17, 15) is 4.79 Å². The quantitative estimate of drug-likeness (QED) is 0.647. The first kappa shape index (κ1) is 19.2. The number of ether oxygens (including phenoxy) is 2. The van der Waals surface area contributed by atoms with Gasteiger partial charge in [-0.2, -0.15) is 0 Å². The van der Waals surface area contributed by atoms with Crippen molar-refractivity contribution in [2.45, 2.75) is 19.5 Å².